The van der Waals surface area contributed by atoms with Crippen LogP contribution >= 0.6 is 0 Å². The van der Waals surface area contributed by atoms with Gasteiger partial charge in [0.1, 0.15) is 5.75 Å². The zero-order valence-electron chi connectivity index (χ0n) is 22.3. The van der Waals surface area contributed by atoms with E-state index >= 15 is 0 Å². The van der Waals surface area contributed by atoms with Gasteiger partial charge in [0.05, 0.1) is 33.0 Å². The lowest BCUT2D eigenvalue weighted by Gasteiger charge is -2.37. The van der Waals surface area contributed by atoms with Gasteiger partial charge in [-0.25, -0.2) is 4.79 Å². The second-order valence-corrected chi connectivity index (χ2v) is 9.53. The van der Waals surface area contributed by atoms with Crippen molar-refractivity contribution in [2.24, 2.45) is 0 Å². The summed E-state index contributed by atoms with van der Waals surface area (Å²) in [6.45, 7) is 5.70. The molecule has 0 unspecified atom stereocenters. The average molecular weight is 506 g/mol. The largest absolute Gasteiger partial charge is 0.497 e. The number of ketones is 1. The minimum absolute atomic E-state index is 0.00990. The highest BCUT2D eigenvalue weighted by Crippen LogP contribution is 2.47. The molecular formula is C30H35NO6. The summed E-state index contributed by atoms with van der Waals surface area (Å²) in [6.07, 6.45) is 1.46. The van der Waals surface area contributed by atoms with Crippen molar-refractivity contribution < 1.29 is 28.5 Å². The standard InChI is InChI=1S/C30H35NO6/c1-7-17(2)37-30(33)27-18(3)31-23-14-21(19-8-11-22(34-4)12-9-19)15-24(32)29(23)28(27)20-10-13-25(35-5)26(16-20)36-6/h8-13,16-17,21,28,31H,7,14-15H2,1-6H3/t17-,21-,28+/m0/s1. The Morgan fingerprint density at radius 3 is 2.27 bits per heavy atom. The molecule has 0 saturated carbocycles. The molecular weight excluding hydrogens is 470 g/mol. The molecule has 196 valence electrons. The molecule has 2 aromatic carbocycles. The molecule has 1 aliphatic heterocycles. The Balaban J connectivity index is 1.79. The zero-order valence-corrected chi connectivity index (χ0v) is 22.3. The maximum absolute atomic E-state index is 13.8. The van der Waals surface area contributed by atoms with E-state index < -0.39 is 11.9 Å². The van der Waals surface area contributed by atoms with E-state index in [0.717, 1.165) is 22.6 Å². The van der Waals surface area contributed by atoms with E-state index in [9.17, 15) is 9.59 Å². The number of carbonyl (C=O) groups is 2. The Labute approximate surface area is 218 Å². The van der Waals surface area contributed by atoms with Crippen molar-refractivity contribution in [2.45, 2.75) is 58.0 Å². The third-order valence-electron chi connectivity index (χ3n) is 7.26. The fourth-order valence-corrected chi connectivity index (χ4v) is 5.12. The summed E-state index contributed by atoms with van der Waals surface area (Å²) in [7, 11) is 4.78. The zero-order chi connectivity index (χ0) is 26.7. The van der Waals surface area contributed by atoms with Crippen LogP contribution in [0, 0.1) is 0 Å². The van der Waals surface area contributed by atoms with Crippen molar-refractivity contribution in [1.82, 2.24) is 5.32 Å². The lowest BCUT2D eigenvalue weighted by atomic mass is 9.71. The highest BCUT2D eigenvalue weighted by Gasteiger charge is 2.42. The van der Waals surface area contributed by atoms with E-state index in [1.54, 1.807) is 27.4 Å². The number of allylic oxidation sites excluding steroid dienone is 3. The first-order chi connectivity index (χ1) is 17.8. The molecule has 1 N–H and O–H groups in total. The maximum atomic E-state index is 13.8. The van der Waals surface area contributed by atoms with Crippen LogP contribution in [0.2, 0.25) is 0 Å². The Kier molecular flexibility index (Phi) is 7.91. The number of dihydropyridines is 1. The molecule has 0 aromatic heterocycles. The molecule has 7 nitrogen and oxygen atoms in total. The molecule has 0 bridgehead atoms. The molecule has 37 heavy (non-hydrogen) atoms. The Morgan fingerprint density at radius 2 is 1.65 bits per heavy atom. The first kappa shape index (κ1) is 26.3. The lowest BCUT2D eigenvalue weighted by molar-refractivity contribution is -0.144. The quantitative estimate of drug-likeness (QED) is 0.480. The van der Waals surface area contributed by atoms with Gasteiger partial charge in [0.2, 0.25) is 0 Å². The van der Waals surface area contributed by atoms with Gasteiger partial charge in [0, 0.05) is 29.3 Å². The van der Waals surface area contributed by atoms with Gasteiger partial charge in [-0.1, -0.05) is 25.1 Å². The SMILES string of the molecule is CC[C@H](C)OC(=O)C1=C(C)NC2=C(C(=O)C[C@@H](c3ccc(OC)cc3)C2)[C@@H]1c1ccc(OC)c(OC)c1. The molecule has 0 radical (unpaired) electrons. The number of benzene rings is 2. The lowest BCUT2D eigenvalue weighted by Crippen LogP contribution is -2.36. The third kappa shape index (κ3) is 5.22. The number of carbonyl (C=O) groups excluding carboxylic acids is 2. The van der Waals surface area contributed by atoms with E-state index in [2.05, 4.69) is 5.32 Å². The van der Waals surface area contributed by atoms with Crippen LogP contribution in [0.3, 0.4) is 0 Å². The monoisotopic (exact) mass is 505 g/mol. The third-order valence-corrected chi connectivity index (χ3v) is 7.26. The maximum Gasteiger partial charge on any atom is 0.337 e. The van der Waals surface area contributed by atoms with Gasteiger partial charge >= 0.3 is 5.97 Å². The van der Waals surface area contributed by atoms with Gasteiger partial charge in [-0.2, -0.15) is 0 Å². The molecule has 4 rings (SSSR count). The summed E-state index contributed by atoms with van der Waals surface area (Å²) in [4.78, 5) is 27.2. The minimum Gasteiger partial charge on any atom is -0.497 e. The summed E-state index contributed by atoms with van der Waals surface area (Å²) in [5.41, 5.74) is 4.44. The fourth-order valence-electron chi connectivity index (χ4n) is 5.12. The van der Waals surface area contributed by atoms with E-state index in [0.29, 0.717) is 47.6 Å². The predicted octanol–water partition coefficient (Wildman–Crippen LogP) is 5.42. The topological polar surface area (TPSA) is 83.1 Å². The van der Waals surface area contributed by atoms with Crippen molar-refractivity contribution in [3.05, 3.63) is 76.1 Å². The van der Waals surface area contributed by atoms with Crippen molar-refractivity contribution in [3.63, 3.8) is 0 Å². The van der Waals surface area contributed by atoms with Crippen LogP contribution < -0.4 is 19.5 Å². The van der Waals surface area contributed by atoms with Gasteiger partial charge in [-0.3, -0.25) is 4.79 Å². The van der Waals surface area contributed by atoms with Crippen molar-refractivity contribution in [2.75, 3.05) is 21.3 Å². The number of hydrogen-bond donors (Lipinski definition) is 1. The molecule has 3 atom stereocenters. The van der Waals surface area contributed by atoms with Crippen LogP contribution in [0.25, 0.3) is 0 Å². The molecule has 0 amide bonds. The van der Waals surface area contributed by atoms with E-state index in [1.165, 1.54) is 0 Å². The molecule has 0 saturated heterocycles. The van der Waals surface area contributed by atoms with Gasteiger partial charge in [-0.05, 0) is 68.0 Å². The first-order valence-corrected chi connectivity index (χ1v) is 12.6. The summed E-state index contributed by atoms with van der Waals surface area (Å²) >= 11 is 0. The van der Waals surface area contributed by atoms with Crippen LogP contribution in [-0.2, 0) is 14.3 Å². The summed E-state index contributed by atoms with van der Waals surface area (Å²) < 4.78 is 22.0. The molecule has 1 heterocycles. The molecule has 1 aliphatic carbocycles. The van der Waals surface area contributed by atoms with E-state index in [-0.39, 0.29) is 17.8 Å². The molecule has 0 fully saturated rings. The molecule has 2 aliphatic rings. The van der Waals surface area contributed by atoms with Gasteiger partial charge in [0.15, 0.2) is 17.3 Å². The Hall–Kier alpha value is -3.74. The smallest absolute Gasteiger partial charge is 0.337 e. The normalized spacial score (nSPS) is 20.1. The Morgan fingerprint density at radius 1 is 0.973 bits per heavy atom. The van der Waals surface area contributed by atoms with Crippen LogP contribution in [-0.4, -0.2) is 39.2 Å². The number of nitrogens with one attached hydrogen (secondary N) is 1. The number of Topliss-reactive ketones (excluding diaryl/α,β-unsaturated/α-hetero) is 1. The van der Waals surface area contributed by atoms with Gasteiger partial charge < -0.3 is 24.3 Å². The number of ether oxygens (including phenoxy) is 4. The average Bonchev–Trinajstić information content (AvgIpc) is 2.91. The highest BCUT2D eigenvalue weighted by molar-refractivity contribution is 6.04. The van der Waals surface area contributed by atoms with Crippen molar-refractivity contribution in [1.29, 1.82) is 0 Å². The number of esters is 1. The number of methoxy groups -OCH3 is 3. The summed E-state index contributed by atoms with van der Waals surface area (Å²) in [6, 6.07) is 13.4. The summed E-state index contributed by atoms with van der Waals surface area (Å²) in [5.74, 6) is 0.930. The van der Waals surface area contributed by atoms with Crippen LogP contribution in [0.4, 0.5) is 0 Å². The number of rotatable bonds is 8. The first-order valence-electron chi connectivity index (χ1n) is 12.6. The van der Waals surface area contributed by atoms with Crippen molar-refractivity contribution >= 4 is 11.8 Å². The molecule has 7 heteroatoms. The second kappa shape index (κ2) is 11.1. The van der Waals surface area contributed by atoms with Gasteiger partial charge in [-0.15, -0.1) is 0 Å². The molecule has 2 aromatic rings. The fraction of sp³-hybridized carbons (Fsp3) is 0.400. The summed E-state index contributed by atoms with van der Waals surface area (Å²) in [5, 5.41) is 3.40. The van der Waals surface area contributed by atoms with Crippen LogP contribution in [0.15, 0.2) is 65.0 Å². The van der Waals surface area contributed by atoms with Crippen LogP contribution in [0.1, 0.15) is 63.0 Å². The Bertz CT molecular complexity index is 1240. The number of hydrogen-bond acceptors (Lipinski definition) is 7. The highest BCUT2D eigenvalue weighted by atomic mass is 16.5. The van der Waals surface area contributed by atoms with E-state index in [4.69, 9.17) is 18.9 Å². The van der Waals surface area contributed by atoms with Crippen LogP contribution in [0.5, 0.6) is 17.2 Å². The van der Waals surface area contributed by atoms with Gasteiger partial charge in [0.25, 0.3) is 0 Å². The predicted molar refractivity (Wildman–Crippen MR) is 141 cm³/mol. The minimum atomic E-state index is -0.572. The van der Waals surface area contributed by atoms with E-state index in [1.807, 2.05) is 57.2 Å². The second-order valence-electron chi connectivity index (χ2n) is 9.53. The van der Waals surface area contributed by atoms with Crippen molar-refractivity contribution in [3.8, 4) is 17.2 Å². The molecule has 0 spiro atoms.